The highest BCUT2D eigenvalue weighted by atomic mass is 32.1. The Morgan fingerprint density at radius 2 is 1.87 bits per heavy atom. The highest BCUT2D eigenvalue weighted by molar-refractivity contribution is 7.80. The SMILES string of the molecule is Cc1ccc(C)c(NC(=O)CCN2C(=S)N[C@H](c3ccccn3)[C@H]2c2ccc(-c3ccccc3C(=O)O)o2)c1. The summed E-state index contributed by atoms with van der Waals surface area (Å²) in [6.07, 6.45) is 1.92. The second kappa shape index (κ2) is 11.1. The largest absolute Gasteiger partial charge is 0.478 e. The summed E-state index contributed by atoms with van der Waals surface area (Å²) in [5.74, 6) is -0.131. The number of furan rings is 1. The molecule has 1 aliphatic heterocycles. The molecule has 2 atom stereocenters. The van der Waals surface area contributed by atoms with Crippen LogP contribution < -0.4 is 10.6 Å². The molecular formula is C30H28N4O4S. The molecule has 8 nitrogen and oxygen atoms in total. The number of aryl methyl sites for hydroxylation is 2. The van der Waals surface area contributed by atoms with Crippen molar-refractivity contribution in [1.29, 1.82) is 0 Å². The lowest BCUT2D eigenvalue weighted by Crippen LogP contribution is -2.32. The Bertz CT molecular complexity index is 1530. The van der Waals surface area contributed by atoms with E-state index < -0.39 is 12.0 Å². The number of carboxylic acid groups (broad SMARTS) is 1. The summed E-state index contributed by atoms with van der Waals surface area (Å²) in [5.41, 5.74) is 4.26. The van der Waals surface area contributed by atoms with Gasteiger partial charge in [-0.25, -0.2) is 4.79 Å². The Hall–Kier alpha value is -4.50. The molecule has 2 aromatic heterocycles. The summed E-state index contributed by atoms with van der Waals surface area (Å²) in [4.78, 5) is 31.2. The quantitative estimate of drug-likeness (QED) is 0.246. The van der Waals surface area contributed by atoms with Gasteiger partial charge in [-0.05, 0) is 73.6 Å². The maximum Gasteiger partial charge on any atom is 0.336 e. The number of carboxylic acids is 1. The number of anilines is 1. The van der Waals surface area contributed by atoms with E-state index >= 15 is 0 Å². The predicted octanol–water partition coefficient (Wildman–Crippen LogP) is 5.66. The van der Waals surface area contributed by atoms with Crippen LogP contribution in [0.25, 0.3) is 11.3 Å². The van der Waals surface area contributed by atoms with Gasteiger partial charge in [-0.3, -0.25) is 9.78 Å². The minimum atomic E-state index is -1.03. The number of carbonyl (C=O) groups excluding carboxylic acids is 1. The fraction of sp³-hybridized carbons (Fsp3) is 0.200. The number of carbonyl (C=O) groups is 2. The molecule has 0 saturated carbocycles. The molecule has 2 aromatic carbocycles. The number of nitrogens with one attached hydrogen (secondary N) is 2. The molecule has 0 aliphatic carbocycles. The van der Waals surface area contributed by atoms with E-state index in [2.05, 4.69) is 15.6 Å². The van der Waals surface area contributed by atoms with Crippen LogP contribution in [-0.4, -0.2) is 38.5 Å². The summed E-state index contributed by atoms with van der Waals surface area (Å²) < 4.78 is 6.27. The first-order chi connectivity index (χ1) is 18.8. The molecule has 0 spiro atoms. The smallest absolute Gasteiger partial charge is 0.336 e. The minimum absolute atomic E-state index is 0.123. The number of thiocarbonyl (C=S) groups is 1. The standard InChI is InChI=1S/C30H28N4O4S/c1-18-10-11-19(2)23(17-18)32-26(35)14-16-34-28(27(33-30(34)39)22-9-5-6-15-31-22)25-13-12-24(38-25)20-7-3-4-8-21(20)29(36)37/h3-13,15,17,27-28H,14,16H2,1-2H3,(H,32,35)(H,33,39)(H,36,37)/t27-,28-/m1/s1. The first-order valence-corrected chi connectivity index (χ1v) is 13.0. The van der Waals surface area contributed by atoms with Crippen LogP contribution in [0.2, 0.25) is 0 Å². The Morgan fingerprint density at radius 1 is 1.08 bits per heavy atom. The van der Waals surface area contributed by atoms with Gasteiger partial charge in [0, 0.05) is 30.4 Å². The first kappa shape index (κ1) is 26.1. The van der Waals surface area contributed by atoms with Crippen LogP contribution in [0.5, 0.6) is 0 Å². The summed E-state index contributed by atoms with van der Waals surface area (Å²) in [7, 11) is 0. The number of hydrogen-bond acceptors (Lipinski definition) is 5. The van der Waals surface area contributed by atoms with Crippen LogP contribution in [0.3, 0.4) is 0 Å². The summed E-state index contributed by atoms with van der Waals surface area (Å²) >= 11 is 5.71. The molecule has 0 unspecified atom stereocenters. The molecule has 3 N–H and O–H groups in total. The number of aromatic carboxylic acids is 1. The molecule has 3 heterocycles. The van der Waals surface area contributed by atoms with Gasteiger partial charge in [0.2, 0.25) is 5.91 Å². The lowest BCUT2D eigenvalue weighted by molar-refractivity contribution is -0.116. The van der Waals surface area contributed by atoms with Gasteiger partial charge >= 0.3 is 5.97 Å². The van der Waals surface area contributed by atoms with E-state index in [9.17, 15) is 14.7 Å². The van der Waals surface area contributed by atoms with Crippen LogP contribution in [0, 0.1) is 13.8 Å². The fourth-order valence-corrected chi connectivity index (χ4v) is 5.13. The molecule has 4 aromatic rings. The molecule has 9 heteroatoms. The topological polar surface area (TPSA) is 108 Å². The third kappa shape index (κ3) is 5.53. The van der Waals surface area contributed by atoms with E-state index in [1.54, 1.807) is 36.5 Å². The van der Waals surface area contributed by atoms with Gasteiger partial charge in [0.1, 0.15) is 17.6 Å². The van der Waals surface area contributed by atoms with E-state index in [1.165, 1.54) is 0 Å². The minimum Gasteiger partial charge on any atom is -0.478 e. The van der Waals surface area contributed by atoms with Crippen molar-refractivity contribution >= 4 is 34.9 Å². The maximum absolute atomic E-state index is 12.9. The average Bonchev–Trinajstić information content (AvgIpc) is 3.54. The Morgan fingerprint density at radius 3 is 2.64 bits per heavy atom. The monoisotopic (exact) mass is 540 g/mol. The Kier molecular flexibility index (Phi) is 7.42. The number of rotatable bonds is 8. The predicted molar refractivity (Wildman–Crippen MR) is 152 cm³/mol. The number of benzene rings is 2. The Balaban J connectivity index is 1.43. The molecule has 1 amide bonds. The summed E-state index contributed by atoms with van der Waals surface area (Å²) in [6, 6.07) is 21.2. The van der Waals surface area contributed by atoms with E-state index in [0.717, 1.165) is 22.5 Å². The van der Waals surface area contributed by atoms with E-state index in [1.807, 2.05) is 61.2 Å². The highest BCUT2D eigenvalue weighted by Crippen LogP contribution is 2.40. The molecule has 1 aliphatic rings. The second-order valence-corrected chi connectivity index (χ2v) is 9.88. The highest BCUT2D eigenvalue weighted by Gasteiger charge is 2.41. The van der Waals surface area contributed by atoms with Gasteiger partial charge in [-0.15, -0.1) is 0 Å². The van der Waals surface area contributed by atoms with Gasteiger partial charge in [0.25, 0.3) is 0 Å². The van der Waals surface area contributed by atoms with E-state index in [-0.39, 0.29) is 23.9 Å². The molecule has 1 saturated heterocycles. The normalized spacial score (nSPS) is 16.7. The summed E-state index contributed by atoms with van der Waals surface area (Å²) in [5, 5.41) is 16.5. The van der Waals surface area contributed by atoms with Crippen molar-refractivity contribution in [2.75, 3.05) is 11.9 Å². The fourth-order valence-electron chi connectivity index (χ4n) is 4.80. The zero-order valence-corrected chi connectivity index (χ0v) is 22.4. The van der Waals surface area contributed by atoms with E-state index in [0.29, 0.717) is 28.7 Å². The van der Waals surface area contributed by atoms with Gasteiger partial charge in [-0.1, -0.05) is 36.4 Å². The molecule has 198 valence electrons. The van der Waals surface area contributed by atoms with Gasteiger partial charge in [0.05, 0.1) is 17.3 Å². The number of aromatic nitrogens is 1. The van der Waals surface area contributed by atoms with Crippen LogP contribution in [0.15, 0.2) is 83.4 Å². The third-order valence-corrected chi connectivity index (χ3v) is 7.14. The zero-order chi connectivity index (χ0) is 27.5. The van der Waals surface area contributed by atoms with Crippen molar-refractivity contribution in [3.8, 4) is 11.3 Å². The molecule has 0 radical (unpaired) electrons. The van der Waals surface area contributed by atoms with E-state index in [4.69, 9.17) is 16.6 Å². The zero-order valence-electron chi connectivity index (χ0n) is 21.5. The van der Waals surface area contributed by atoms with Crippen LogP contribution >= 0.6 is 12.2 Å². The van der Waals surface area contributed by atoms with Crippen molar-refractivity contribution in [3.63, 3.8) is 0 Å². The summed E-state index contributed by atoms with van der Waals surface area (Å²) in [6.45, 7) is 4.29. The number of hydrogen-bond donors (Lipinski definition) is 3. The number of amides is 1. The lowest BCUT2D eigenvalue weighted by atomic mass is 10.0. The van der Waals surface area contributed by atoms with Gasteiger partial charge in [-0.2, -0.15) is 0 Å². The van der Waals surface area contributed by atoms with Crippen molar-refractivity contribution in [2.24, 2.45) is 0 Å². The average molecular weight is 541 g/mol. The second-order valence-electron chi connectivity index (χ2n) is 9.49. The third-order valence-electron chi connectivity index (χ3n) is 6.79. The molecule has 39 heavy (non-hydrogen) atoms. The lowest BCUT2D eigenvalue weighted by Gasteiger charge is -2.26. The van der Waals surface area contributed by atoms with Crippen molar-refractivity contribution < 1.29 is 19.1 Å². The van der Waals surface area contributed by atoms with Gasteiger partial charge in [0.15, 0.2) is 5.11 Å². The van der Waals surface area contributed by atoms with Crippen LogP contribution in [-0.2, 0) is 4.79 Å². The molecule has 0 bridgehead atoms. The van der Waals surface area contributed by atoms with Crippen LogP contribution in [0.1, 0.15) is 51.4 Å². The van der Waals surface area contributed by atoms with Crippen molar-refractivity contribution in [1.82, 2.24) is 15.2 Å². The maximum atomic E-state index is 12.9. The van der Waals surface area contributed by atoms with Crippen molar-refractivity contribution in [2.45, 2.75) is 32.4 Å². The van der Waals surface area contributed by atoms with Crippen LogP contribution in [0.4, 0.5) is 5.69 Å². The van der Waals surface area contributed by atoms with Gasteiger partial charge < -0.3 is 25.1 Å². The number of pyridine rings is 1. The molecular weight excluding hydrogens is 512 g/mol. The van der Waals surface area contributed by atoms with Crippen molar-refractivity contribution in [3.05, 3.63) is 107 Å². The molecule has 1 fully saturated rings. The Labute approximate surface area is 231 Å². The number of nitrogens with zero attached hydrogens (tertiary/aromatic N) is 2. The first-order valence-electron chi connectivity index (χ1n) is 12.6. The molecule has 5 rings (SSSR count).